The van der Waals surface area contributed by atoms with E-state index in [1.54, 1.807) is 0 Å². The van der Waals surface area contributed by atoms with E-state index in [-0.39, 0.29) is 5.91 Å². The van der Waals surface area contributed by atoms with Gasteiger partial charge in [-0.2, -0.15) is 0 Å². The molecule has 1 fully saturated rings. The number of hydrogen-bond acceptors (Lipinski definition) is 4. The second-order valence-electron chi connectivity index (χ2n) is 7.00. The molecule has 1 saturated heterocycles. The summed E-state index contributed by atoms with van der Waals surface area (Å²) in [6, 6.07) is 17.9. The zero-order valence-corrected chi connectivity index (χ0v) is 16.2. The summed E-state index contributed by atoms with van der Waals surface area (Å²) in [5.74, 6) is 0.639. The van der Waals surface area contributed by atoms with E-state index in [1.807, 2.05) is 37.3 Å². The number of para-hydroxylation sites is 1. The number of rotatable bonds is 7. The molecule has 2 aromatic rings. The van der Waals surface area contributed by atoms with Gasteiger partial charge in [-0.25, -0.2) is 0 Å². The van der Waals surface area contributed by atoms with E-state index in [1.165, 1.54) is 5.69 Å². The molecule has 1 aliphatic rings. The number of likely N-dealkylation sites (N-methyl/N-ethyl adjacent to an activating group) is 1. The van der Waals surface area contributed by atoms with Crippen molar-refractivity contribution in [2.24, 2.45) is 0 Å². The summed E-state index contributed by atoms with van der Waals surface area (Å²) in [6.45, 7) is 6.77. The maximum Gasteiger partial charge on any atom is 0.261 e. The van der Waals surface area contributed by atoms with Crippen molar-refractivity contribution < 1.29 is 9.53 Å². The number of piperazine rings is 1. The maximum atomic E-state index is 12.4. The van der Waals surface area contributed by atoms with E-state index in [2.05, 4.69) is 46.4 Å². The number of nitrogens with one attached hydrogen (secondary N) is 1. The number of carbonyl (C=O) groups excluding carboxylic acids is 1. The number of amides is 1. The molecule has 0 bridgehead atoms. The third-order valence-electron chi connectivity index (χ3n) is 4.96. The van der Waals surface area contributed by atoms with Crippen LogP contribution in [-0.2, 0) is 11.3 Å². The Kier molecular flexibility index (Phi) is 6.71. The van der Waals surface area contributed by atoms with Crippen LogP contribution in [0.4, 0.5) is 5.69 Å². The maximum absolute atomic E-state index is 12.4. The van der Waals surface area contributed by atoms with Crippen molar-refractivity contribution in [3.8, 4) is 5.75 Å². The summed E-state index contributed by atoms with van der Waals surface area (Å²) in [6.07, 6.45) is 0.153. The van der Waals surface area contributed by atoms with E-state index in [4.69, 9.17) is 4.74 Å². The molecule has 0 radical (unpaired) electrons. The smallest absolute Gasteiger partial charge is 0.261 e. The van der Waals surface area contributed by atoms with Crippen molar-refractivity contribution in [3.63, 3.8) is 0 Å². The van der Waals surface area contributed by atoms with Crippen LogP contribution in [0.3, 0.4) is 0 Å². The lowest BCUT2D eigenvalue weighted by atomic mass is 10.1. The molecule has 1 amide bonds. The van der Waals surface area contributed by atoms with E-state index < -0.39 is 6.10 Å². The number of anilines is 1. The van der Waals surface area contributed by atoms with Crippen LogP contribution in [0, 0.1) is 0 Å². The van der Waals surface area contributed by atoms with E-state index >= 15 is 0 Å². The van der Waals surface area contributed by atoms with Crippen LogP contribution in [-0.4, -0.2) is 50.1 Å². The molecule has 27 heavy (non-hydrogen) atoms. The molecule has 1 heterocycles. The van der Waals surface area contributed by atoms with Gasteiger partial charge in [0.2, 0.25) is 0 Å². The Balaban J connectivity index is 1.50. The summed E-state index contributed by atoms with van der Waals surface area (Å²) in [4.78, 5) is 17.2. The molecule has 2 aromatic carbocycles. The lowest BCUT2D eigenvalue weighted by Gasteiger charge is -2.34. The summed E-state index contributed by atoms with van der Waals surface area (Å²) in [5, 5.41) is 2.99. The first-order valence-electron chi connectivity index (χ1n) is 9.67. The molecule has 144 valence electrons. The van der Waals surface area contributed by atoms with Crippen molar-refractivity contribution in [2.75, 3.05) is 38.1 Å². The van der Waals surface area contributed by atoms with Gasteiger partial charge in [-0.15, -0.1) is 0 Å². The molecular weight excluding hydrogens is 338 g/mol. The molecule has 3 rings (SSSR count). The van der Waals surface area contributed by atoms with E-state index in [0.717, 1.165) is 37.5 Å². The predicted octanol–water partition coefficient (Wildman–Crippen LogP) is 2.91. The normalized spacial score (nSPS) is 16.0. The Hall–Kier alpha value is -2.53. The molecule has 0 spiro atoms. The first-order chi connectivity index (χ1) is 13.2. The van der Waals surface area contributed by atoms with E-state index in [9.17, 15) is 4.79 Å². The number of nitrogens with zero attached hydrogens (tertiary/aromatic N) is 2. The number of benzene rings is 2. The van der Waals surface area contributed by atoms with Gasteiger partial charge in [0.15, 0.2) is 6.10 Å². The highest BCUT2D eigenvalue weighted by Gasteiger charge is 2.18. The predicted molar refractivity (Wildman–Crippen MR) is 109 cm³/mol. The van der Waals surface area contributed by atoms with Crippen LogP contribution < -0.4 is 15.0 Å². The third-order valence-corrected chi connectivity index (χ3v) is 4.96. The van der Waals surface area contributed by atoms with Gasteiger partial charge >= 0.3 is 0 Å². The number of hydrogen-bond donors (Lipinski definition) is 1. The van der Waals surface area contributed by atoms with Crippen molar-refractivity contribution in [3.05, 3.63) is 60.2 Å². The average molecular weight is 367 g/mol. The van der Waals surface area contributed by atoms with Crippen molar-refractivity contribution in [1.82, 2.24) is 10.2 Å². The zero-order valence-electron chi connectivity index (χ0n) is 16.2. The monoisotopic (exact) mass is 367 g/mol. The molecule has 1 N–H and O–H groups in total. The summed E-state index contributed by atoms with van der Waals surface area (Å²) in [7, 11) is 2.16. The highest BCUT2D eigenvalue weighted by atomic mass is 16.5. The van der Waals surface area contributed by atoms with Crippen LogP contribution in [0.2, 0.25) is 0 Å². The Morgan fingerprint density at radius 3 is 2.33 bits per heavy atom. The van der Waals surface area contributed by atoms with Crippen LogP contribution >= 0.6 is 0 Å². The Morgan fingerprint density at radius 2 is 1.70 bits per heavy atom. The first kappa shape index (κ1) is 19.2. The van der Waals surface area contributed by atoms with E-state index in [0.29, 0.717) is 13.0 Å². The fourth-order valence-electron chi connectivity index (χ4n) is 3.18. The molecule has 5 heteroatoms. The summed E-state index contributed by atoms with van der Waals surface area (Å²) < 4.78 is 5.80. The van der Waals surface area contributed by atoms with Gasteiger partial charge < -0.3 is 19.9 Å². The highest BCUT2D eigenvalue weighted by Crippen LogP contribution is 2.17. The molecular formula is C22H29N3O2. The van der Waals surface area contributed by atoms with Gasteiger partial charge in [-0.05, 0) is 43.3 Å². The molecule has 5 nitrogen and oxygen atoms in total. The molecule has 1 aliphatic heterocycles. The third kappa shape index (κ3) is 5.47. The van der Waals surface area contributed by atoms with Crippen molar-refractivity contribution >= 4 is 11.6 Å². The SMILES string of the molecule is CCC(Oc1ccccc1)C(=O)NCc1ccc(N2CCN(C)CC2)cc1. The highest BCUT2D eigenvalue weighted by molar-refractivity contribution is 5.81. The Labute approximate surface area is 161 Å². The summed E-state index contributed by atoms with van der Waals surface area (Å²) in [5.41, 5.74) is 2.34. The molecule has 1 unspecified atom stereocenters. The largest absolute Gasteiger partial charge is 0.481 e. The lowest BCUT2D eigenvalue weighted by molar-refractivity contribution is -0.128. The molecule has 0 aromatic heterocycles. The first-order valence-corrected chi connectivity index (χ1v) is 9.67. The Morgan fingerprint density at radius 1 is 1.04 bits per heavy atom. The van der Waals surface area contributed by atoms with Gasteiger partial charge in [-0.1, -0.05) is 37.3 Å². The van der Waals surface area contributed by atoms with Gasteiger partial charge in [0.1, 0.15) is 5.75 Å². The van der Waals surface area contributed by atoms with Crippen LogP contribution in [0.15, 0.2) is 54.6 Å². The molecule has 0 aliphatic carbocycles. The molecule has 1 atom stereocenters. The van der Waals surface area contributed by atoms with Crippen molar-refractivity contribution in [1.29, 1.82) is 0 Å². The Bertz CT molecular complexity index is 710. The zero-order chi connectivity index (χ0) is 19.1. The standard InChI is InChI=1S/C22H29N3O2/c1-3-21(27-20-7-5-4-6-8-20)22(26)23-17-18-9-11-19(12-10-18)25-15-13-24(2)14-16-25/h4-12,21H,3,13-17H2,1-2H3,(H,23,26). The van der Waals surface area contributed by atoms with Crippen LogP contribution in [0.25, 0.3) is 0 Å². The number of carbonyl (C=O) groups is 1. The fraction of sp³-hybridized carbons (Fsp3) is 0.409. The van der Waals surface area contributed by atoms with Crippen molar-refractivity contribution in [2.45, 2.75) is 26.0 Å². The average Bonchev–Trinajstić information content (AvgIpc) is 2.72. The minimum Gasteiger partial charge on any atom is -0.481 e. The van der Waals surface area contributed by atoms with Crippen LogP contribution in [0.5, 0.6) is 5.75 Å². The number of ether oxygens (including phenoxy) is 1. The van der Waals surface area contributed by atoms with Gasteiger partial charge in [-0.3, -0.25) is 4.79 Å². The minimum atomic E-state index is -0.475. The topological polar surface area (TPSA) is 44.8 Å². The van der Waals surface area contributed by atoms with Gasteiger partial charge in [0.05, 0.1) is 0 Å². The van der Waals surface area contributed by atoms with Crippen LogP contribution in [0.1, 0.15) is 18.9 Å². The quantitative estimate of drug-likeness (QED) is 0.817. The minimum absolute atomic E-state index is 0.0792. The molecule has 0 saturated carbocycles. The summed E-state index contributed by atoms with van der Waals surface area (Å²) >= 11 is 0. The second-order valence-corrected chi connectivity index (χ2v) is 7.00. The van der Waals surface area contributed by atoms with Gasteiger partial charge in [0.25, 0.3) is 5.91 Å². The van der Waals surface area contributed by atoms with Gasteiger partial charge in [0, 0.05) is 38.4 Å². The fourth-order valence-corrected chi connectivity index (χ4v) is 3.18. The lowest BCUT2D eigenvalue weighted by Crippen LogP contribution is -2.44. The second kappa shape index (κ2) is 9.42.